The quantitative estimate of drug-likeness (QED) is 0.780. The molecule has 0 radical (unpaired) electrons. The second-order valence-electron chi connectivity index (χ2n) is 5.17. The van der Waals surface area contributed by atoms with E-state index in [0.717, 1.165) is 11.3 Å². The lowest BCUT2D eigenvalue weighted by molar-refractivity contribution is -0.131. The predicted molar refractivity (Wildman–Crippen MR) is 89.7 cm³/mol. The lowest BCUT2D eigenvalue weighted by Crippen LogP contribution is -2.31. The van der Waals surface area contributed by atoms with E-state index in [1.54, 1.807) is 11.1 Å². The van der Waals surface area contributed by atoms with Gasteiger partial charge < -0.3 is 4.90 Å². The van der Waals surface area contributed by atoms with Crippen LogP contribution in [0.1, 0.15) is 24.1 Å². The standard InChI is InChI=1S/C18H18ClN3O/c19-16-6-3-5-15(13-16)8-9-18(23)22(12-4-10-20)14-17-7-1-2-11-21-17/h1-3,5-7,11,13H,4,8-9,12,14H2. The van der Waals surface area contributed by atoms with Gasteiger partial charge in [-0.15, -0.1) is 0 Å². The number of carbonyl (C=O) groups excluding carboxylic acids is 1. The number of nitriles is 1. The molecule has 0 unspecified atom stereocenters. The maximum Gasteiger partial charge on any atom is 0.223 e. The highest BCUT2D eigenvalue weighted by atomic mass is 35.5. The third kappa shape index (κ3) is 5.72. The predicted octanol–water partition coefficient (Wildman–Crippen LogP) is 3.61. The van der Waals surface area contributed by atoms with Crippen molar-refractivity contribution in [3.8, 4) is 6.07 Å². The third-order valence-electron chi connectivity index (χ3n) is 3.44. The first-order valence-corrected chi connectivity index (χ1v) is 7.86. The highest BCUT2D eigenvalue weighted by Crippen LogP contribution is 2.13. The van der Waals surface area contributed by atoms with E-state index in [1.807, 2.05) is 42.5 Å². The second kappa shape index (κ2) is 8.92. The van der Waals surface area contributed by atoms with Crippen molar-refractivity contribution in [1.82, 2.24) is 9.88 Å². The van der Waals surface area contributed by atoms with Gasteiger partial charge in [-0.2, -0.15) is 5.26 Å². The number of hydrogen-bond acceptors (Lipinski definition) is 3. The van der Waals surface area contributed by atoms with Crippen LogP contribution in [0.25, 0.3) is 0 Å². The molecule has 118 valence electrons. The molecular formula is C18H18ClN3O. The summed E-state index contributed by atoms with van der Waals surface area (Å²) in [6.07, 6.45) is 3.03. The molecule has 23 heavy (non-hydrogen) atoms. The summed E-state index contributed by atoms with van der Waals surface area (Å²) in [7, 11) is 0. The first-order valence-electron chi connectivity index (χ1n) is 7.48. The number of halogens is 1. The normalized spacial score (nSPS) is 10.1. The van der Waals surface area contributed by atoms with Gasteiger partial charge in [-0.05, 0) is 36.2 Å². The van der Waals surface area contributed by atoms with Gasteiger partial charge in [0.2, 0.25) is 5.91 Å². The van der Waals surface area contributed by atoms with Crippen LogP contribution in [0.15, 0.2) is 48.7 Å². The molecule has 0 N–H and O–H groups in total. The van der Waals surface area contributed by atoms with Crippen LogP contribution in [0.3, 0.4) is 0 Å². The first kappa shape index (κ1) is 17.0. The van der Waals surface area contributed by atoms with Crippen LogP contribution in [0.2, 0.25) is 5.02 Å². The number of rotatable bonds is 7. The lowest BCUT2D eigenvalue weighted by atomic mass is 10.1. The number of aryl methyl sites for hydroxylation is 1. The molecule has 0 aliphatic carbocycles. The molecule has 0 saturated heterocycles. The van der Waals surface area contributed by atoms with E-state index in [2.05, 4.69) is 11.1 Å². The van der Waals surface area contributed by atoms with Crippen LogP contribution < -0.4 is 0 Å². The Balaban J connectivity index is 1.97. The van der Waals surface area contributed by atoms with Crippen LogP contribution in [-0.2, 0) is 17.8 Å². The van der Waals surface area contributed by atoms with Gasteiger partial charge in [0.15, 0.2) is 0 Å². The summed E-state index contributed by atoms with van der Waals surface area (Å²) < 4.78 is 0. The van der Waals surface area contributed by atoms with E-state index >= 15 is 0 Å². The van der Waals surface area contributed by atoms with Crippen molar-refractivity contribution in [2.45, 2.75) is 25.8 Å². The largest absolute Gasteiger partial charge is 0.336 e. The number of hydrogen-bond donors (Lipinski definition) is 0. The van der Waals surface area contributed by atoms with Crippen molar-refractivity contribution >= 4 is 17.5 Å². The van der Waals surface area contributed by atoms with Crippen molar-refractivity contribution in [1.29, 1.82) is 5.26 Å². The minimum absolute atomic E-state index is 0.0193. The number of nitrogens with zero attached hydrogens (tertiary/aromatic N) is 3. The summed E-state index contributed by atoms with van der Waals surface area (Å²) in [6, 6.07) is 15.2. The molecule has 1 amide bonds. The van der Waals surface area contributed by atoms with E-state index in [0.29, 0.717) is 37.4 Å². The van der Waals surface area contributed by atoms with Crippen molar-refractivity contribution in [3.63, 3.8) is 0 Å². The number of amides is 1. The number of carbonyl (C=O) groups is 1. The van der Waals surface area contributed by atoms with Crippen LogP contribution in [0.4, 0.5) is 0 Å². The molecule has 2 rings (SSSR count). The summed E-state index contributed by atoms with van der Waals surface area (Å²) in [6.45, 7) is 0.846. The fourth-order valence-electron chi connectivity index (χ4n) is 2.27. The topological polar surface area (TPSA) is 57.0 Å². The molecule has 2 aromatic rings. The maximum absolute atomic E-state index is 12.5. The molecule has 5 heteroatoms. The van der Waals surface area contributed by atoms with Crippen LogP contribution in [0.5, 0.6) is 0 Å². The molecule has 0 aliphatic heterocycles. The zero-order chi connectivity index (χ0) is 16.5. The Morgan fingerprint density at radius 3 is 2.83 bits per heavy atom. The van der Waals surface area contributed by atoms with Gasteiger partial charge >= 0.3 is 0 Å². The summed E-state index contributed by atoms with van der Waals surface area (Å²) in [5.74, 6) is 0.0193. The summed E-state index contributed by atoms with van der Waals surface area (Å²) >= 11 is 5.96. The van der Waals surface area contributed by atoms with E-state index in [-0.39, 0.29) is 5.91 Å². The number of pyridine rings is 1. The molecule has 0 bridgehead atoms. The summed E-state index contributed by atoms with van der Waals surface area (Å²) in [5.41, 5.74) is 1.85. The Morgan fingerprint density at radius 1 is 1.26 bits per heavy atom. The maximum atomic E-state index is 12.5. The minimum atomic E-state index is 0.0193. The van der Waals surface area contributed by atoms with E-state index in [4.69, 9.17) is 16.9 Å². The molecule has 0 atom stereocenters. The fraction of sp³-hybridized carbons (Fsp3) is 0.278. The smallest absolute Gasteiger partial charge is 0.223 e. The molecule has 1 aromatic heterocycles. The van der Waals surface area contributed by atoms with Gasteiger partial charge in [-0.3, -0.25) is 9.78 Å². The van der Waals surface area contributed by atoms with Gasteiger partial charge in [0.05, 0.1) is 24.7 Å². The zero-order valence-corrected chi connectivity index (χ0v) is 13.5. The molecule has 1 aromatic carbocycles. The van der Waals surface area contributed by atoms with Crippen molar-refractivity contribution in [3.05, 3.63) is 64.9 Å². The first-order chi connectivity index (χ1) is 11.2. The van der Waals surface area contributed by atoms with Crippen molar-refractivity contribution in [2.75, 3.05) is 6.54 Å². The Labute approximate surface area is 141 Å². The average molecular weight is 328 g/mol. The molecule has 0 spiro atoms. The Bertz CT molecular complexity index is 682. The highest BCUT2D eigenvalue weighted by Gasteiger charge is 2.14. The Kier molecular flexibility index (Phi) is 6.58. The fourth-order valence-corrected chi connectivity index (χ4v) is 2.48. The number of aromatic nitrogens is 1. The lowest BCUT2D eigenvalue weighted by Gasteiger charge is -2.21. The molecule has 0 fully saturated rings. The second-order valence-corrected chi connectivity index (χ2v) is 5.61. The minimum Gasteiger partial charge on any atom is -0.336 e. The Hall–Kier alpha value is -2.38. The zero-order valence-electron chi connectivity index (χ0n) is 12.8. The third-order valence-corrected chi connectivity index (χ3v) is 3.68. The van der Waals surface area contributed by atoms with Crippen molar-refractivity contribution in [2.24, 2.45) is 0 Å². The number of benzene rings is 1. The van der Waals surface area contributed by atoms with Gasteiger partial charge in [-0.1, -0.05) is 29.8 Å². The van der Waals surface area contributed by atoms with Crippen LogP contribution >= 0.6 is 11.6 Å². The van der Waals surface area contributed by atoms with Gasteiger partial charge in [0, 0.05) is 24.2 Å². The summed E-state index contributed by atoms with van der Waals surface area (Å²) in [4.78, 5) is 18.4. The van der Waals surface area contributed by atoms with E-state index in [1.165, 1.54) is 0 Å². The van der Waals surface area contributed by atoms with E-state index in [9.17, 15) is 4.79 Å². The molecule has 0 saturated carbocycles. The van der Waals surface area contributed by atoms with Crippen molar-refractivity contribution < 1.29 is 4.79 Å². The molecule has 4 nitrogen and oxygen atoms in total. The van der Waals surface area contributed by atoms with E-state index < -0.39 is 0 Å². The SMILES string of the molecule is N#CCCN(Cc1ccccn1)C(=O)CCc1cccc(Cl)c1. The van der Waals surface area contributed by atoms with Gasteiger partial charge in [0.25, 0.3) is 0 Å². The van der Waals surface area contributed by atoms with Crippen LogP contribution in [0, 0.1) is 11.3 Å². The molecule has 0 aliphatic rings. The monoisotopic (exact) mass is 327 g/mol. The Morgan fingerprint density at radius 2 is 2.13 bits per heavy atom. The highest BCUT2D eigenvalue weighted by molar-refractivity contribution is 6.30. The summed E-state index contributed by atoms with van der Waals surface area (Å²) in [5, 5.41) is 9.45. The molecular weight excluding hydrogens is 310 g/mol. The molecule has 1 heterocycles. The van der Waals surface area contributed by atoms with Crippen LogP contribution in [-0.4, -0.2) is 22.3 Å². The van der Waals surface area contributed by atoms with Gasteiger partial charge in [-0.25, -0.2) is 0 Å². The average Bonchev–Trinajstić information content (AvgIpc) is 2.57. The van der Waals surface area contributed by atoms with Gasteiger partial charge in [0.1, 0.15) is 0 Å².